The van der Waals surface area contributed by atoms with Gasteiger partial charge in [-0.3, -0.25) is 13.9 Å². The average molecular weight is 629 g/mol. The molecular formula is C27H28Cl3N3O6S. The van der Waals surface area contributed by atoms with E-state index in [1.807, 2.05) is 0 Å². The zero-order valence-electron chi connectivity index (χ0n) is 22.2. The van der Waals surface area contributed by atoms with Crippen LogP contribution in [0.5, 0.6) is 11.5 Å². The first-order valence-electron chi connectivity index (χ1n) is 11.9. The second-order valence-electron chi connectivity index (χ2n) is 8.55. The summed E-state index contributed by atoms with van der Waals surface area (Å²) in [7, 11) is -0.0714. The third kappa shape index (κ3) is 7.11. The summed E-state index contributed by atoms with van der Waals surface area (Å²) in [6.45, 7) is 0.829. The Balaban J connectivity index is 2.08. The van der Waals surface area contributed by atoms with Crippen molar-refractivity contribution in [3.05, 3.63) is 81.3 Å². The van der Waals surface area contributed by atoms with Crippen molar-refractivity contribution >= 4 is 62.3 Å². The van der Waals surface area contributed by atoms with Crippen LogP contribution < -0.4 is 19.1 Å². The highest BCUT2D eigenvalue weighted by molar-refractivity contribution is 7.92. The van der Waals surface area contributed by atoms with Crippen LogP contribution in [0.3, 0.4) is 0 Å². The molecule has 214 valence electrons. The second-order valence-corrected chi connectivity index (χ2v) is 11.7. The zero-order chi connectivity index (χ0) is 29.6. The Morgan fingerprint density at radius 3 is 2.10 bits per heavy atom. The predicted molar refractivity (Wildman–Crippen MR) is 156 cm³/mol. The van der Waals surface area contributed by atoms with Gasteiger partial charge in [-0.15, -0.1) is 0 Å². The van der Waals surface area contributed by atoms with Crippen LogP contribution in [0.1, 0.15) is 12.5 Å². The van der Waals surface area contributed by atoms with E-state index in [1.165, 1.54) is 81.6 Å². The Morgan fingerprint density at radius 1 is 0.900 bits per heavy atom. The molecule has 3 aromatic carbocycles. The number of hydrogen-bond acceptors (Lipinski definition) is 6. The molecule has 0 aliphatic carbocycles. The standard InChI is InChI=1S/C27H28Cl3N3O6S/c1-17(27(35)31-2)32(15-18-5-6-20(29)13-23(18)30)26(34)16-33(21-9-7-19(28)8-10-21)40(36,37)22-11-12-24(38-3)25(14-22)39-4/h5-14,17H,15-16H2,1-4H3,(H,31,35)/t17-/m1/s1. The van der Waals surface area contributed by atoms with Crippen molar-refractivity contribution in [2.24, 2.45) is 0 Å². The molecule has 3 aromatic rings. The maximum atomic E-state index is 14.0. The number of amides is 2. The number of ether oxygens (including phenoxy) is 2. The zero-order valence-corrected chi connectivity index (χ0v) is 25.2. The van der Waals surface area contributed by atoms with Crippen LogP contribution in [0.4, 0.5) is 5.69 Å². The lowest BCUT2D eigenvalue weighted by Crippen LogP contribution is -2.50. The number of rotatable bonds is 11. The third-order valence-corrected chi connectivity index (χ3v) is 8.71. The summed E-state index contributed by atoms with van der Waals surface area (Å²) in [6, 6.07) is 13.9. The quantitative estimate of drug-likeness (QED) is 0.320. The molecule has 1 atom stereocenters. The van der Waals surface area contributed by atoms with E-state index in [4.69, 9.17) is 44.3 Å². The first-order chi connectivity index (χ1) is 18.9. The summed E-state index contributed by atoms with van der Waals surface area (Å²) >= 11 is 18.4. The van der Waals surface area contributed by atoms with E-state index in [0.717, 1.165) is 4.31 Å². The van der Waals surface area contributed by atoms with E-state index in [2.05, 4.69) is 5.32 Å². The molecule has 0 aliphatic rings. The Hall–Kier alpha value is -3.18. The first-order valence-corrected chi connectivity index (χ1v) is 14.5. The Morgan fingerprint density at radius 2 is 1.52 bits per heavy atom. The van der Waals surface area contributed by atoms with Gasteiger partial charge < -0.3 is 19.7 Å². The SMILES string of the molecule is CNC(=O)[C@@H](C)N(Cc1ccc(Cl)cc1Cl)C(=O)CN(c1ccc(Cl)cc1)S(=O)(=O)c1ccc(OC)c(OC)c1. The number of anilines is 1. The van der Waals surface area contributed by atoms with Crippen LogP contribution >= 0.6 is 34.8 Å². The van der Waals surface area contributed by atoms with Gasteiger partial charge in [0.2, 0.25) is 11.8 Å². The molecule has 0 heterocycles. The van der Waals surface area contributed by atoms with Crippen molar-refractivity contribution in [3.63, 3.8) is 0 Å². The van der Waals surface area contributed by atoms with Gasteiger partial charge in [-0.25, -0.2) is 8.42 Å². The highest BCUT2D eigenvalue weighted by Gasteiger charge is 2.33. The number of sulfonamides is 1. The van der Waals surface area contributed by atoms with E-state index < -0.39 is 34.4 Å². The summed E-state index contributed by atoms with van der Waals surface area (Å²) in [5.74, 6) is -0.570. The van der Waals surface area contributed by atoms with Crippen molar-refractivity contribution in [1.29, 1.82) is 0 Å². The molecular weight excluding hydrogens is 601 g/mol. The number of carbonyl (C=O) groups excluding carboxylic acids is 2. The molecule has 0 aromatic heterocycles. The summed E-state index contributed by atoms with van der Waals surface area (Å²) < 4.78 is 39.4. The highest BCUT2D eigenvalue weighted by atomic mass is 35.5. The maximum Gasteiger partial charge on any atom is 0.264 e. The van der Waals surface area contributed by atoms with Gasteiger partial charge in [0.15, 0.2) is 11.5 Å². The molecule has 3 rings (SSSR count). The number of methoxy groups -OCH3 is 2. The number of likely N-dealkylation sites (N-methyl/N-ethyl adjacent to an activating group) is 1. The van der Waals surface area contributed by atoms with Gasteiger partial charge in [0.25, 0.3) is 10.0 Å². The van der Waals surface area contributed by atoms with E-state index >= 15 is 0 Å². The molecule has 2 amide bonds. The van der Waals surface area contributed by atoms with Crippen molar-refractivity contribution in [3.8, 4) is 11.5 Å². The van der Waals surface area contributed by atoms with Crippen molar-refractivity contribution < 1.29 is 27.5 Å². The summed E-state index contributed by atoms with van der Waals surface area (Å²) in [5.41, 5.74) is 0.709. The summed E-state index contributed by atoms with van der Waals surface area (Å²) in [6.07, 6.45) is 0. The van der Waals surface area contributed by atoms with E-state index in [-0.39, 0.29) is 22.9 Å². The number of nitrogens with one attached hydrogen (secondary N) is 1. The number of hydrogen-bond donors (Lipinski definition) is 1. The van der Waals surface area contributed by atoms with E-state index in [0.29, 0.717) is 26.4 Å². The Bertz CT molecular complexity index is 1490. The van der Waals surface area contributed by atoms with Crippen LogP contribution in [-0.2, 0) is 26.2 Å². The molecule has 0 spiro atoms. The largest absolute Gasteiger partial charge is 0.493 e. The van der Waals surface area contributed by atoms with Crippen LogP contribution in [0, 0.1) is 0 Å². The maximum absolute atomic E-state index is 14.0. The summed E-state index contributed by atoms with van der Waals surface area (Å²) in [4.78, 5) is 27.5. The minimum atomic E-state index is -4.33. The molecule has 40 heavy (non-hydrogen) atoms. The van der Waals surface area contributed by atoms with Gasteiger partial charge in [-0.2, -0.15) is 0 Å². The minimum Gasteiger partial charge on any atom is -0.493 e. The third-order valence-electron chi connectivity index (χ3n) is 6.11. The molecule has 0 aliphatic heterocycles. The Kier molecular flexibility index (Phi) is 10.5. The van der Waals surface area contributed by atoms with Gasteiger partial charge in [0.05, 0.1) is 24.8 Å². The number of carbonyl (C=O) groups is 2. The lowest BCUT2D eigenvalue weighted by molar-refractivity contribution is -0.139. The lowest BCUT2D eigenvalue weighted by atomic mass is 10.1. The van der Waals surface area contributed by atoms with Crippen LogP contribution in [0.15, 0.2) is 65.6 Å². The molecule has 0 saturated carbocycles. The van der Waals surface area contributed by atoms with Crippen LogP contribution in [-0.4, -0.2) is 59.0 Å². The van der Waals surface area contributed by atoms with Gasteiger partial charge in [-0.1, -0.05) is 40.9 Å². The fourth-order valence-electron chi connectivity index (χ4n) is 3.87. The molecule has 0 bridgehead atoms. The molecule has 13 heteroatoms. The van der Waals surface area contributed by atoms with Crippen LogP contribution in [0.2, 0.25) is 15.1 Å². The highest BCUT2D eigenvalue weighted by Crippen LogP contribution is 2.33. The van der Waals surface area contributed by atoms with Gasteiger partial charge in [-0.05, 0) is 61.0 Å². The summed E-state index contributed by atoms with van der Waals surface area (Å²) in [5, 5.41) is 3.60. The monoisotopic (exact) mass is 627 g/mol. The normalized spacial score (nSPS) is 11.9. The van der Waals surface area contributed by atoms with E-state index in [9.17, 15) is 18.0 Å². The molecule has 9 nitrogen and oxygen atoms in total. The number of halogens is 3. The lowest BCUT2D eigenvalue weighted by Gasteiger charge is -2.32. The van der Waals surface area contributed by atoms with Crippen molar-refractivity contribution in [2.45, 2.75) is 24.4 Å². The Labute approximate surface area is 248 Å². The topological polar surface area (TPSA) is 105 Å². The molecule has 0 saturated heterocycles. The fraction of sp³-hybridized carbons (Fsp3) is 0.259. The number of benzene rings is 3. The first kappa shape index (κ1) is 31.3. The molecule has 1 N–H and O–H groups in total. The minimum absolute atomic E-state index is 0.0751. The number of nitrogens with zero attached hydrogens (tertiary/aromatic N) is 2. The van der Waals surface area contributed by atoms with E-state index in [1.54, 1.807) is 12.1 Å². The van der Waals surface area contributed by atoms with Gasteiger partial charge in [0, 0.05) is 34.7 Å². The second kappa shape index (κ2) is 13.5. The van der Waals surface area contributed by atoms with Crippen molar-refractivity contribution in [1.82, 2.24) is 10.2 Å². The molecule has 0 radical (unpaired) electrons. The fourth-order valence-corrected chi connectivity index (χ4v) is 5.89. The van der Waals surface area contributed by atoms with Gasteiger partial charge in [0.1, 0.15) is 12.6 Å². The van der Waals surface area contributed by atoms with Crippen molar-refractivity contribution in [2.75, 3.05) is 32.1 Å². The molecule has 0 unspecified atom stereocenters. The predicted octanol–water partition coefficient (Wildman–Crippen LogP) is 5.02. The smallest absolute Gasteiger partial charge is 0.264 e. The molecule has 0 fully saturated rings. The van der Waals surface area contributed by atoms with Gasteiger partial charge >= 0.3 is 0 Å². The average Bonchev–Trinajstić information content (AvgIpc) is 2.94. The van der Waals surface area contributed by atoms with Crippen LogP contribution in [0.25, 0.3) is 0 Å².